The average Bonchev–Trinajstić information content (AvgIpc) is 2.04. The number of carbonyl (C=O) groups excluding carboxylic acids is 1. The first-order chi connectivity index (χ1) is 5.31. The van der Waals surface area contributed by atoms with E-state index in [0.717, 1.165) is 13.0 Å². The Morgan fingerprint density at radius 3 is 2.64 bits per heavy atom. The van der Waals surface area contributed by atoms with E-state index in [-0.39, 0.29) is 5.91 Å². The van der Waals surface area contributed by atoms with Crippen LogP contribution in [0.2, 0.25) is 0 Å². The average molecular weight is 222 g/mol. The Morgan fingerprint density at radius 1 is 1.36 bits per heavy atom. The van der Waals surface area contributed by atoms with E-state index in [4.69, 9.17) is 0 Å². The van der Waals surface area contributed by atoms with Gasteiger partial charge in [-0.05, 0) is 6.42 Å². The van der Waals surface area contributed by atoms with Gasteiger partial charge in [0, 0.05) is 6.54 Å². The molecule has 0 aliphatic carbocycles. The number of alkyl halides is 1. The molecule has 0 aliphatic heterocycles. The Hall–Kier alpha value is -0.0500. The molecule has 0 aromatic rings. The van der Waals surface area contributed by atoms with Crippen LogP contribution in [0.3, 0.4) is 0 Å². The molecular weight excluding hydrogens is 206 g/mol. The van der Waals surface area contributed by atoms with Crippen molar-refractivity contribution in [1.82, 2.24) is 5.32 Å². The van der Waals surface area contributed by atoms with E-state index < -0.39 is 0 Å². The molecule has 0 bridgehead atoms. The first-order valence-corrected chi connectivity index (χ1v) is 5.26. The Morgan fingerprint density at radius 2 is 2.09 bits per heavy atom. The van der Waals surface area contributed by atoms with Gasteiger partial charge in [0.1, 0.15) is 0 Å². The van der Waals surface area contributed by atoms with Gasteiger partial charge in [-0.2, -0.15) is 0 Å². The Balaban J connectivity index is 2.95. The number of rotatable bonds is 6. The van der Waals surface area contributed by atoms with Gasteiger partial charge >= 0.3 is 0 Å². The molecule has 66 valence electrons. The molecule has 2 nitrogen and oxygen atoms in total. The summed E-state index contributed by atoms with van der Waals surface area (Å²) in [5.41, 5.74) is 0. The lowest BCUT2D eigenvalue weighted by Gasteiger charge is -2.01. The maximum atomic E-state index is 10.7. The number of amides is 1. The van der Waals surface area contributed by atoms with Crippen molar-refractivity contribution in [1.29, 1.82) is 0 Å². The third kappa shape index (κ3) is 7.85. The number of nitrogens with one attached hydrogen (secondary N) is 1. The van der Waals surface area contributed by atoms with Crippen molar-refractivity contribution >= 4 is 21.8 Å². The van der Waals surface area contributed by atoms with E-state index in [1.807, 2.05) is 0 Å². The van der Waals surface area contributed by atoms with Gasteiger partial charge in [-0.3, -0.25) is 4.79 Å². The second-order valence-corrected chi connectivity index (χ2v) is 3.10. The first kappa shape index (κ1) is 11.0. The summed E-state index contributed by atoms with van der Waals surface area (Å²) >= 11 is 3.09. The molecule has 11 heavy (non-hydrogen) atoms. The van der Waals surface area contributed by atoms with Crippen LogP contribution >= 0.6 is 15.9 Å². The summed E-state index contributed by atoms with van der Waals surface area (Å²) in [4.78, 5) is 10.7. The van der Waals surface area contributed by atoms with E-state index in [2.05, 4.69) is 28.2 Å². The monoisotopic (exact) mass is 221 g/mol. The lowest BCUT2D eigenvalue weighted by Crippen LogP contribution is -2.25. The van der Waals surface area contributed by atoms with Crippen molar-refractivity contribution in [3.8, 4) is 0 Å². The van der Waals surface area contributed by atoms with Crippen molar-refractivity contribution in [3.63, 3.8) is 0 Å². The SMILES string of the molecule is CCCCCCNC(=O)CBr. The molecule has 0 rings (SSSR count). The maximum Gasteiger partial charge on any atom is 0.230 e. The minimum absolute atomic E-state index is 0.0847. The highest BCUT2D eigenvalue weighted by Gasteiger charge is 1.94. The molecule has 3 heteroatoms. The van der Waals surface area contributed by atoms with Crippen molar-refractivity contribution in [2.45, 2.75) is 32.6 Å². The van der Waals surface area contributed by atoms with Crippen LogP contribution in [0.5, 0.6) is 0 Å². The summed E-state index contributed by atoms with van der Waals surface area (Å²) in [6.45, 7) is 3.00. The van der Waals surface area contributed by atoms with E-state index in [1.165, 1.54) is 19.3 Å². The largest absolute Gasteiger partial charge is 0.355 e. The van der Waals surface area contributed by atoms with Crippen molar-refractivity contribution in [3.05, 3.63) is 0 Å². The highest BCUT2D eigenvalue weighted by Crippen LogP contribution is 1.96. The van der Waals surface area contributed by atoms with E-state index in [9.17, 15) is 4.79 Å². The second kappa shape index (κ2) is 8.05. The molecule has 0 atom stereocenters. The van der Waals surface area contributed by atoms with Crippen molar-refractivity contribution < 1.29 is 4.79 Å². The van der Waals surface area contributed by atoms with Gasteiger partial charge in [-0.25, -0.2) is 0 Å². The second-order valence-electron chi connectivity index (χ2n) is 2.54. The van der Waals surface area contributed by atoms with Crippen LogP contribution in [0.15, 0.2) is 0 Å². The smallest absolute Gasteiger partial charge is 0.230 e. The highest BCUT2D eigenvalue weighted by atomic mass is 79.9. The zero-order valence-electron chi connectivity index (χ0n) is 7.03. The molecule has 1 N–H and O–H groups in total. The number of carbonyl (C=O) groups is 1. The van der Waals surface area contributed by atoms with Gasteiger partial charge in [0.15, 0.2) is 0 Å². The molecule has 0 aromatic carbocycles. The highest BCUT2D eigenvalue weighted by molar-refractivity contribution is 9.09. The fraction of sp³-hybridized carbons (Fsp3) is 0.875. The zero-order chi connectivity index (χ0) is 8.53. The summed E-state index contributed by atoms with van der Waals surface area (Å²) in [6.07, 6.45) is 4.84. The predicted octanol–water partition coefficient (Wildman–Crippen LogP) is 2.08. The molecule has 0 saturated carbocycles. The van der Waals surface area contributed by atoms with E-state index in [1.54, 1.807) is 0 Å². The van der Waals surface area contributed by atoms with Crippen molar-refractivity contribution in [2.75, 3.05) is 11.9 Å². The third-order valence-corrected chi connectivity index (χ3v) is 1.98. The molecule has 0 unspecified atom stereocenters. The predicted molar refractivity (Wildman–Crippen MR) is 50.9 cm³/mol. The summed E-state index contributed by atoms with van der Waals surface area (Å²) in [5.74, 6) is 0.0847. The van der Waals surface area contributed by atoms with E-state index >= 15 is 0 Å². The summed E-state index contributed by atoms with van der Waals surface area (Å²) in [5, 5.41) is 3.22. The molecule has 0 fully saturated rings. The first-order valence-electron chi connectivity index (χ1n) is 4.14. The number of halogens is 1. The third-order valence-electron chi connectivity index (χ3n) is 1.47. The summed E-state index contributed by atoms with van der Waals surface area (Å²) in [7, 11) is 0. The standard InChI is InChI=1S/C8H16BrNO/c1-2-3-4-5-6-10-8(11)7-9/h2-7H2,1H3,(H,10,11). The number of hydrogen-bond donors (Lipinski definition) is 1. The normalized spacial score (nSPS) is 9.64. The van der Waals surface area contributed by atoms with Gasteiger partial charge in [0.2, 0.25) is 5.91 Å². The van der Waals surface area contributed by atoms with Crippen LogP contribution in [-0.4, -0.2) is 17.8 Å². The Labute approximate surface area is 76.9 Å². The van der Waals surface area contributed by atoms with Gasteiger partial charge < -0.3 is 5.32 Å². The van der Waals surface area contributed by atoms with Crippen molar-refractivity contribution in [2.24, 2.45) is 0 Å². The van der Waals surface area contributed by atoms with Crippen LogP contribution < -0.4 is 5.32 Å². The van der Waals surface area contributed by atoms with Crippen LogP contribution in [-0.2, 0) is 4.79 Å². The number of hydrogen-bond acceptors (Lipinski definition) is 1. The quantitative estimate of drug-likeness (QED) is 0.541. The lowest BCUT2D eigenvalue weighted by atomic mass is 10.2. The van der Waals surface area contributed by atoms with Crippen LogP contribution in [0, 0.1) is 0 Å². The van der Waals surface area contributed by atoms with Crippen LogP contribution in [0.25, 0.3) is 0 Å². The van der Waals surface area contributed by atoms with Gasteiger partial charge in [0.25, 0.3) is 0 Å². The Bertz CT molecular complexity index is 106. The lowest BCUT2D eigenvalue weighted by molar-refractivity contribution is -0.118. The van der Waals surface area contributed by atoms with Crippen LogP contribution in [0.4, 0.5) is 0 Å². The zero-order valence-corrected chi connectivity index (χ0v) is 8.61. The van der Waals surface area contributed by atoms with E-state index in [0.29, 0.717) is 5.33 Å². The minimum atomic E-state index is 0.0847. The van der Waals surface area contributed by atoms with Gasteiger partial charge in [0.05, 0.1) is 5.33 Å². The topological polar surface area (TPSA) is 29.1 Å². The minimum Gasteiger partial charge on any atom is -0.355 e. The summed E-state index contributed by atoms with van der Waals surface area (Å²) in [6, 6.07) is 0. The molecule has 0 aliphatic rings. The van der Waals surface area contributed by atoms with Crippen LogP contribution in [0.1, 0.15) is 32.6 Å². The maximum absolute atomic E-state index is 10.7. The molecule has 0 aromatic heterocycles. The molecule has 0 radical (unpaired) electrons. The summed E-state index contributed by atoms with van der Waals surface area (Å²) < 4.78 is 0. The molecular formula is C8H16BrNO. The van der Waals surface area contributed by atoms with Gasteiger partial charge in [-0.15, -0.1) is 0 Å². The van der Waals surface area contributed by atoms with Gasteiger partial charge in [-0.1, -0.05) is 42.1 Å². The molecule has 0 spiro atoms. The fourth-order valence-electron chi connectivity index (χ4n) is 0.827. The fourth-order valence-corrected chi connectivity index (χ4v) is 1.03. The molecule has 0 heterocycles. The molecule has 1 amide bonds. The molecule has 0 saturated heterocycles. The Kier molecular flexibility index (Phi) is 8.01. The number of unbranched alkanes of at least 4 members (excludes halogenated alkanes) is 3.